The Morgan fingerprint density at radius 2 is 1.71 bits per heavy atom. The lowest BCUT2D eigenvalue weighted by Crippen LogP contribution is -1.85. The van der Waals surface area contributed by atoms with Crippen molar-refractivity contribution in [1.29, 1.82) is 0 Å². The standard InChI is InChI=1S/C16H19Cl/c1-3-8-15(16(17)9-4-2)13-12-14-10-6-5-7-11-14/h5-7,10-11H,3-4,8-9H2,1-2H3/b16-15-. The summed E-state index contributed by atoms with van der Waals surface area (Å²) in [5.41, 5.74) is 2.14. The van der Waals surface area contributed by atoms with Gasteiger partial charge in [0.1, 0.15) is 0 Å². The molecule has 1 aromatic rings. The fourth-order valence-corrected chi connectivity index (χ4v) is 1.89. The molecule has 0 radical (unpaired) electrons. The molecule has 0 fully saturated rings. The molecule has 90 valence electrons. The van der Waals surface area contributed by atoms with Gasteiger partial charge in [-0.1, -0.05) is 68.3 Å². The second-order valence-corrected chi connectivity index (χ2v) is 4.46. The first kappa shape index (κ1) is 13.9. The van der Waals surface area contributed by atoms with Crippen LogP contribution in [0.3, 0.4) is 0 Å². The minimum atomic E-state index is 0.929. The fourth-order valence-electron chi connectivity index (χ4n) is 1.56. The molecular weight excluding hydrogens is 228 g/mol. The second kappa shape index (κ2) is 7.98. The fraction of sp³-hybridized carbons (Fsp3) is 0.375. The van der Waals surface area contributed by atoms with E-state index in [0.29, 0.717) is 0 Å². The molecule has 0 N–H and O–H groups in total. The highest BCUT2D eigenvalue weighted by atomic mass is 35.5. The quantitative estimate of drug-likeness (QED) is 0.646. The van der Waals surface area contributed by atoms with Crippen LogP contribution in [0, 0.1) is 11.8 Å². The highest BCUT2D eigenvalue weighted by Gasteiger charge is 2.00. The number of rotatable bonds is 4. The molecule has 0 spiro atoms. The van der Waals surface area contributed by atoms with E-state index in [1.54, 1.807) is 0 Å². The lowest BCUT2D eigenvalue weighted by atomic mass is 10.1. The third-order valence-electron chi connectivity index (χ3n) is 2.43. The Kier molecular flexibility index (Phi) is 6.51. The maximum Gasteiger partial charge on any atom is 0.0296 e. The molecule has 0 nitrogen and oxygen atoms in total. The molecule has 0 aromatic heterocycles. The van der Waals surface area contributed by atoms with E-state index in [1.165, 1.54) is 0 Å². The number of benzene rings is 1. The topological polar surface area (TPSA) is 0 Å². The van der Waals surface area contributed by atoms with Crippen LogP contribution in [0.2, 0.25) is 0 Å². The van der Waals surface area contributed by atoms with E-state index >= 15 is 0 Å². The van der Waals surface area contributed by atoms with Gasteiger partial charge in [0.25, 0.3) is 0 Å². The molecule has 1 rings (SSSR count). The third-order valence-corrected chi connectivity index (χ3v) is 2.85. The largest absolute Gasteiger partial charge is 0.0882 e. The maximum absolute atomic E-state index is 6.27. The van der Waals surface area contributed by atoms with Crippen molar-refractivity contribution in [2.75, 3.05) is 0 Å². The highest BCUT2D eigenvalue weighted by Crippen LogP contribution is 2.19. The molecule has 17 heavy (non-hydrogen) atoms. The Labute approximate surface area is 110 Å². The van der Waals surface area contributed by atoms with Crippen LogP contribution in [0.5, 0.6) is 0 Å². The number of halogens is 1. The van der Waals surface area contributed by atoms with Gasteiger partial charge >= 0.3 is 0 Å². The van der Waals surface area contributed by atoms with Crippen molar-refractivity contribution in [3.8, 4) is 11.8 Å². The van der Waals surface area contributed by atoms with Crippen LogP contribution in [-0.2, 0) is 0 Å². The zero-order valence-corrected chi connectivity index (χ0v) is 11.3. The highest BCUT2D eigenvalue weighted by molar-refractivity contribution is 6.30. The van der Waals surface area contributed by atoms with Gasteiger partial charge in [-0.15, -0.1) is 0 Å². The van der Waals surface area contributed by atoms with E-state index in [2.05, 4.69) is 25.7 Å². The van der Waals surface area contributed by atoms with E-state index in [0.717, 1.165) is 41.9 Å². The molecule has 0 bridgehead atoms. The van der Waals surface area contributed by atoms with Gasteiger partial charge in [-0.25, -0.2) is 0 Å². The normalized spacial score (nSPS) is 11.5. The summed E-state index contributed by atoms with van der Waals surface area (Å²) in [6.45, 7) is 4.29. The van der Waals surface area contributed by atoms with E-state index in [9.17, 15) is 0 Å². The summed E-state index contributed by atoms with van der Waals surface area (Å²) in [7, 11) is 0. The van der Waals surface area contributed by atoms with E-state index in [-0.39, 0.29) is 0 Å². The Morgan fingerprint density at radius 3 is 2.29 bits per heavy atom. The molecule has 0 aliphatic heterocycles. The van der Waals surface area contributed by atoms with Gasteiger partial charge in [-0.3, -0.25) is 0 Å². The van der Waals surface area contributed by atoms with Crippen molar-refractivity contribution < 1.29 is 0 Å². The second-order valence-electron chi connectivity index (χ2n) is 4.00. The smallest absolute Gasteiger partial charge is 0.0296 e. The van der Waals surface area contributed by atoms with Crippen molar-refractivity contribution in [3.63, 3.8) is 0 Å². The summed E-state index contributed by atoms with van der Waals surface area (Å²) in [5.74, 6) is 6.40. The number of allylic oxidation sites excluding steroid dienone is 2. The average Bonchev–Trinajstić information content (AvgIpc) is 2.36. The summed E-state index contributed by atoms with van der Waals surface area (Å²) in [6.07, 6.45) is 4.05. The van der Waals surface area contributed by atoms with Crippen LogP contribution in [0.15, 0.2) is 40.9 Å². The van der Waals surface area contributed by atoms with Gasteiger partial charge in [0.05, 0.1) is 0 Å². The van der Waals surface area contributed by atoms with Crippen molar-refractivity contribution in [3.05, 3.63) is 46.5 Å². The number of hydrogen-bond acceptors (Lipinski definition) is 0. The monoisotopic (exact) mass is 246 g/mol. The maximum atomic E-state index is 6.27. The predicted octanol–water partition coefficient (Wildman–Crippen LogP) is 5.13. The molecule has 0 saturated carbocycles. The summed E-state index contributed by atoms with van der Waals surface area (Å²) in [6, 6.07) is 10.0. The van der Waals surface area contributed by atoms with Crippen molar-refractivity contribution in [1.82, 2.24) is 0 Å². The zero-order chi connectivity index (χ0) is 12.5. The van der Waals surface area contributed by atoms with Crippen molar-refractivity contribution >= 4 is 11.6 Å². The van der Waals surface area contributed by atoms with Crippen LogP contribution in [0.1, 0.15) is 45.1 Å². The van der Waals surface area contributed by atoms with Crippen LogP contribution in [0.4, 0.5) is 0 Å². The molecule has 0 saturated heterocycles. The number of hydrogen-bond donors (Lipinski definition) is 0. The van der Waals surface area contributed by atoms with Crippen molar-refractivity contribution in [2.45, 2.75) is 39.5 Å². The molecule has 0 unspecified atom stereocenters. The molecule has 1 heteroatoms. The molecule has 0 aliphatic rings. The van der Waals surface area contributed by atoms with Crippen LogP contribution in [0.25, 0.3) is 0 Å². The first-order chi connectivity index (χ1) is 8.27. The predicted molar refractivity (Wildman–Crippen MR) is 76.0 cm³/mol. The lowest BCUT2D eigenvalue weighted by Gasteiger charge is -2.01. The molecular formula is C16H19Cl. The van der Waals surface area contributed by atoms with Gasteiger partial charge in [-0.05, 0) is 25.0 Å². The Hall–Kier alpha value is -1.19. The molecule has 0 aliphatic carbocycles. The Bertz CT molecular complexity index is 418. The summed E-state index contributed by atoms with van der Waals surface area (Å²) in [4.78, 5) is 0. The summed E-state index contributed by atoms with van der Waals surface area (Å²) in [5, 5.41) is 0.929. The lowest BCUT2D eigenvalue weighted by molar-refractivity contribution is 0.889. The van der Waals surface area contributed by atoms with Gasteiger partial charge < -0.3 is 0 Å². The SMILES string of the molecule is CCC/C(Cl)=C(/C#Cc1ccccc1)CCC. The van der Waals surface area contributed by atoms with Crippen LogP contribution < -0.4 is 0 Å². The molecule has 0 amide bonds. The first-order valence-electron chi connectivity index (χ1n) is 6.22. The minimum absolute atomic E-state index is 0.929. The summed E-state index contributed by atoms with van der Waals surface area (Å²) >= 11 is 6.27. The summed E-state index contributed by atoms with van der Waals surface area (Å²) < 4.78 is 0. The van der Waals surface area contributed by atoms with E-state index in [4.69, 9.17) is 11.6 Å². The van der Waals surface area contributed by atoms with Crippen LogP contribution >= 0.6 is 11.6 Å². The van der Waals surface area contributed by atoms with Gasteiger partial charge in [0.15, 0.2) is 0 Å². The molecule has 1 aromatic carbocycles. The Balaban J connectivity index is 2.88. The average molecular weight is 247 g/mol. The van der Waals surface area contributed by atoms with Gasteiger partial charge in [-0.2, -0.15) is 0 Å². The van der Waals surface area contributed by atoms with E-state index < -0.39 is 0 Å². The van der Waals surface area contributed by atoms with Gasteiger partial charge in [0, 0.05) is 16.2 Å². The Morgan fingerprint density at radius 1 is 1.06 bits per heavy atom. The minimum Gasteiger partial charge on any atom is -0.0882 e. The zero-order valence-electron chi connectivity index (χ0n) is 10.6. The first-order valence-corrected chi connectivity index (χ1v) is 6.60. The molecule has 0 atom stereocenters. The molecule has 0 heterocycles. The van der Waals surface area contributed by atoms with Gasteiger partial charge in [0.2, 0.25) is 0 Å². The van der Waals surface area contributed by atoms with Crippen LogP contribution in [-0.4, -0.2) is 0 Å². The van der Waals surface area contributed by atoms with Crippen molar-refractivity contribution in [2.24, 2.45) is 0 Å². The van der Waals surface area contributed by atoms with E-state index in [1.807, 2.05) is 30.3 Å². The third kappa shape index (κ3) is 5.11.